The first kappa shape index (κ1) is 23.7. The zero-order chi connectivity index (χ0) is 24.5. The normalized spacial score (nSPS) is 23.1. The summed E-state index contributed by atoms with van der Waals surface area (Å²) >= 11 is 1.17. The Morgan fingerprint density at radius 1 is 1.32 bits per heavy atom. The van der Waals surface area contributed by atoms with Crippen LogP contribution < -0.4 is 15.8 Å². The minimum absolute atomic E-state index is 0.231. The monoisotopic (exact) mass is 482 g/mol. The van der Waals surface area contributed by atoms with Gasteiger partial charge >= 0.3 is 0 Å². The Kier molecular flexibility index (Phi) is 6.32. The van der Waals surface area contributed by atoms with Crippen LogP contribution in [-0.2, 0) is 5.54 Å². The second-order valence-corrected chi connectivity index (χ2v) is 10.2. The van der Waals surface area contributed by atoms with Crippen LogP contribution >= 0.6 is 11.8 Å². The molecule has 176 valence electrons. The smallest absolute Gasteiger partial charge is 0.234 e. The summed E-state index contributed by atoms with van der Waals surface area (Å²) in [4.78, 5) is 17.7. The van der Waals surface area contributed by atoms with Gasteiger partial charge in [-0.2, -0.15) is 0 Å². The largest absolute Gasteiger partial charge is 0.460 e. The van der Waals surface area contributed by atoms with E-state index in [0.717, 1.165) is 0 Å². The number of pyridine rings is 1. The molecule has 3 atom stereocenters. The van der Waals surface area contributed by atoms with E-state index in [9.17, 15) is 8.78 Å². The van der Waals surface area contributed by atoms with Crippen molar-refractivity contribution in [1.82, 2.24) is 15.0 Å². The molecule has 3 heterocycles. The number of amidine groups is 1. The molecule has 0 bridgehead atoms. The van der Waals surface area contributed by atoms with E-state index < -0.39 is 28.9 Å². The molecule has 0 radical (unpaired) electrons. The van der Waals surface area contributed by atoms with Crippen molar-refractivity contribution in [1.29, 1.82) is 0 Å². The van der Waals surface area contributed by atoms with Crippen molar-refractivity contribution in [3.63, 3.8) is 0 Å². The van der Waals surface area contributed by atoms with Gasteiger partial charge in [0.1, 0.15) is 18.0 Å². The Morgan fingerprint density at radius 3 is 2.85 bits per heavy atom. The third-order valence-electron chi connectivity index (χ3n) is 5.49. The summed E-state index contributed by atoms with van der Waals surface area (Å²) in [6, 6.07) is 6.27. The van der Waals surface area contributed by atoms with Crippen LogP contribution in [0.1, 0.15) is 32.8 Å². The van der Waals surface area contributed by atoms with E-state index in [1.807, 2.05) is 0 Å². The lowest BCUT2D eigenvalue weighted by Gasteiger charge is -2.39. The molecule has 2 aromatic heterocycles. The first-order valence-electron chi connectivity index (χ1n) is 10.6. The van der Waals surface area contributed by atoms with E-state index in [4.69, 9.17) is 16.9 Å². The number of benzene rings is 1. The number of nitrogens with one attached hydrogen (secondary N) is 1. The lowest BCUT2D eigenvalue weighted by molar-refractivity contribution is 0.268. The molecular weight excluding hydrogens is 458 g/mol. The first-order valence-corrected chi connectivity index (χ1v) is 11.4. The van der Waals surface area contributed by atoms with Gasteiger partial charge in [-0.15, -0.1) is 6.42 Å². The summed E-state index contributed by atoms with van der Waals surface area (Å²) in [5.74, 6) is 2.75. The average molecular weight is 483 g/mol. The van der Waals surface area contributed by atoms with Crippen molar-refractivity contribution in [2.24, 2.45) is 10.7 Å². The second kappa shape index (κ2) is 9.06. The molecule has 1 aromatic carbocycles. The SMILES string of the molecule is C#C[C@H](C)Oc1cnc2c(Nc3ccc(F)c([C@]4(C)C[C@](C)(CF)SC(N)=N4)c3)nccc2n1. The molecule has 1 aliphatic heterocycles. The molecule has 0 unspecified atom stereocenters. The summed E-state index contributed by atoms with van der Waals surface area (Å²) in [5, 5.41) is 3.41. The highest BCUT2D eigenvalue weighted by molar-refractivity contribution is 8.15. The molecule has 0 fully saturated rings. The lowest BCUT2D eigenvalue weighted by atomic mass is 9.83. The van der Waals surface area contributed by atoms with Crippen LogP contribution in [0.5, 0.6) is 5.88 Å². The molecule has 0 aliphatic carbocycles. The number of ether oxygens (including phenoxy) is 1. The fourth-order valence-electron chi connectivity index (χ4n) is 4.00. The topological polar surface area (TPSA) is 98.3 Å². The first-order chi connectivity index (χ1) is 16.1. The van der Waals surface area contributed by atoms with Gasteiger partial charge in [0.05, 0.1) is 22.0 Å². The number of fused-ring (bicyclic) bond motifs is 1. The quantitative estimate of drug-likeness (QED) is 0.491. The van der Waals surface area contributed by atoms with E-state index in [0.29, 0.717) is 40.4 Å². The van der Waals surface area contributed by atoms with Crippen LogP contribution in [0.15, 0.2) is 41.7 Å². The van der Waals surface area contributed by atoms with Gasteiger partial charge in [-0.05, 0) is 51.5 Å². The molecule has 0 amide bonds. The number of hydrogen-bond donors (Lipinski definition) is 2. The van der Waals surface area contributed by atoms with Gasteiger partial charge in [0.2, 0.25) is 5.88 Å². The molecule has 1 aliphatic rings. The maximum atomic E-state index is 14.9. The zero-order valence-corrected chi connectivity index (χ0v) is 19.8. The minimum atomic E-state index is -1.02. The van der Waals surface area contributed by atoms with E-state index in [2.05, 4.69) is 31.2 Å². The number of hydrogen-bond acceptors (Lipinski definition) is 8. The van der Waals surface area contributed by atoms with Crippen LogP contribution in [0.25, 0.3) is 11.0 Å². The van der Waals surface area contributed by atoms with E-state index in [-0.39, 0.29) is 5.17 Å². The standard InChI is InChI=1S/C24H24F2N6OS/c1-5-14(2)33-19-11-29-20-18(31-19)8-9-28-21(20)30-15-6-7-17(26)16(10-15)24(4)12-23(3,13-25)34-22(27)32-24/h1,6-11,14H,12-13H2,2-4H3,(H2,27,32)(H,28,30)/t14-,23+,24-/m0/s1. The number of halogens is 2. The summed E-state index contributed by atoms with van der Waals surface area (Å²) in [6.07, 6.45) is 8.25. The van der Waals surface area contributed by atoms with E-state index in [1.54, 1.807) is 45.2 Å². The van der Waals surface area contributed by atoms with Gasteiger partial charge in [-0.3, -0.25) is 4.99 Å². The Bertz CT molecular complexity index is 1310. The van der Waals surface area contributed by atoms with Crippen LogP contribution in [-0.4, -0.2) is 37.6 Å². The number of nitrogens with two attached hydrogens (primary N) is 1. The van der Waals surface area contributed by atoms with Crippen molar-refractivity contribution >= 4 is 39.5 Å². The highest BCUT2D eigenvalue weighted by Crippen LogP contribution is 2.46. The number of anilines is 2. The summed E-state index contributed by atoms with van der Waals surface area (Å²) < 4.78 is 33.4. The molecular formula is C24H24F2N6OS. The zero-order valence-electron chi connectivity index (χ0n) is 19.0. The molecule has 0 spiro atoms. The molecule has 7 nitrogen and oxygen atoms in total. The van der Waals surface area contributed by atoms with Crippen molar-refractivity contribution in [2.45, 2.75) is 43.6 Å². The van der Waals surface area contributed by atoms with Gasteiger partial charge in [-0.25, -0.2) is 23.7 Å². The lowest BCUT2D eigenvalue weighted by Crippen LogP contribution is -2.41. The van der Waals surface area contributed by atoms with Crippen LogP contribution in [0.4, 0.5) is 20.3 Å². The molecule has 0 saturated heterocycles. The highest BCUT2D eigenvalue weighted by Gasteiger charge is 2.43. The number of alkyl halides is 1. The summed E-state index contributed by atoms with van der Waals surface area (Å²) in [7, 11) is 0. The summed E-state index contributed by atoms with van der Waals surface area (Å²) in [6.45, 7) is 4.65. The van der Waals surface area contributed by atoms with Crippen LogP contribution in [0, 0.1) is 18.2 Å². The Morgan fingerprint density at radius 2 is 2.12 bits per heavy atom. The molecule has 3 aromatic rings. The van der Waals surface area contributed by atoms with Crippen molar-refractivity contribution in [3.05, 3.63) is 48.0 Å². The maximum absolute atomic E-state index is 14.9. The molecule has 4 rings (SSSR count). The van der Waals surface area contributed by atoms with Crippen molar-refractivity contribution < 1.29 is 13.5 Å². The molecule has 0 saturated carbocycles. The number of aromatic nitrogens is 3. The van der Waals surface area contributed by atoms with Crippen LogP contribution in [0.3, 0.4) is 0 Å². The number of rotatable bonds is 6. The third kappa shape index (κ3) is 4.75. The predicted octanol–water partition coefficient (Wildman–Crippen LogP) is 4.70. The fraction of sp³-hybridized carbons (Fsp3) is 0.333. The Balaban J connectivity index is 1.68. The Hall–Kier alpha value is -3.45. The molecule has 10 heteroatoms. The third-order valence-corrected chi connectivity index (χ3v) is 6.53. The van der Waals surface area contributed by atoms with E-state index >= 15 is 0 Å². The minimum Gasteiger partial charge on any atom is -0.460 e. The highest BCUT2D eigenvalue weighted by atomic mass is 32.2. The fourth-order valence-corrected chi connectivity index (χ4v) is 5.16. The van der Waals surface area contributed by atoms with Crippen LogP contribution in [0.2, 0.25) is 0 Å². The number of aliphatic imine (C=N–C) groups is 1. The predicted molar refractivity (Wildman–Crippen MR) is 132 cm³/mol. The van der Waals surface area contributed by atoms with Gasteiger partial charge in [0, 0.05) is 17.4 Å². The number of terminal acetylenes is 1. The average Bonchev–Trinajstić information content (AvgIpc) is 2.79. The Labute approximate surface area is 200 Å². The summed E-state index contributed by atoms with van der Waals surface area (Å²) in [5.41, 5.74) is 6.89. The van der Waals surface area contributed by atoms with Gasteiger partial charge in [0.25, 0.3) is 0 Å². The number of thioether (sulfide) groups is 1. The van der Waals surface area contributed by atoms with Gasteiger partial charge in [-0.1, -0.05) is 17.7 Å². The van der Waals surface area contributed by atoms with Gasteiger partial charge in [0.15, 0.2) is 17.1 Å². The maximum Gasteiger partial charge on any atom is 0.234 e. The van der Waals surface area contributed by atoms with Gasteiger partial charge < -0.3 is 15.8 Å². The second-order valence-electron chi connectivity index (χ2n) is 8.57. The van der Waals surface area contributed by atoms with E-state index in [1.165, 1.54) is 24.0 Å². The van der Waals surface area contributed by atoms with Crippen molar-refractivity contribution in [3.8, 4) is 18.2 Å². The molecule has 3 N–H and O–H groups in total. The van der Waals surface area contributed by atoms with Crippen molar-refractivity contribution in [2.75, 3.05) is 12.0 Å². The number of nitrogens with zero attached hydrogens (tertiary/aromatic N) is 4. The molecule has 34 heavy (non-hydrogen) atoms.